The third-order valence-electron chi connectivity index (χ3n) is 4.33. The highest BCUT2D eigenvalue weighted by Gasteiger charge is 2.32. The number of amides is 2. The van der Waals surface area contributed by atoms with Crippen LogP contribution in [0.2, 0.25) is 0 Å². The van der Waals surface area contributed by atoms with Gasteiger partial charge in [-0.2, -0.15) is 0 Å². The van der Waals surface area contributed by atoms with Gasteiger partial charge in [-0.05, 0) is 52.7 Å². The summed E-state index contributed by atoms with van der Waals surface area (Å²) in [6, 6.07) is 2.66. The van der Waals surface area contributed by atoms with Gasteiger partial charge >= 0.3 is 12.1 Å². The number of piperidine rings is 1. The van der Waals surface area contributed by atoms with Crippen molar-refractivity contribution in [2.45, 2.75) is 52.2 Å². The summed E-state index contributed by atoms with van der Waals surface area (Å²) < 4.78 is 37.3. The molecule has 1 atom stereocenters. The molecule has 1 N–H and O–H groups in total. The Morgan fingerprint density at radius 1 is 1.17 bits per heavy atom. The number of nitrogens with one attached hydrogen (secondary N) is 1. The van der Waals surface area contributed by atoms with Crippen molar-refractivity contribution in [1.29, 1.82) is 0 Å². The number of carbonyl (C=O) groups excluding carboxylic acids is 3. The van der Waals surface area contributed by atoms with E-state index in [2.05, 4.69) is 5.32 Å². The summed E-state index contributed by atoms with van der Waals surface area (Å²) in [6.45, 7) is 7.35. The number of likely N-dealkylation sites (tertiary alicyclic amines) is 1. The van der Waals surface area contributed by atoms with Crippen molar-refractivity contribution >= 4 is 23.7 Å². The molecule has 0 aromatic heterocycles. The Bertz CT molecular complexity index is 771. The monoisotopic (exact) mass is 412 g/mol. The molecular formula is C20H26F2N2O5. The van der Waals surface area contributed by atoms with Gasteiger partial charge < -0.3 is 19.7 Å². The van der Waals surface area contributed by atoms with E-state index >= 15 is 0 Å². The molecule has 29 heavy (non-hydrogen) atoms. The van der Waals surface area contributed by atoms with Crippen molar-refractivity contribution in [3.63, 3.8) is 0 Å². The highest BCUT2D eigenvalue weighted by atomic mass is 19.1. The molecule has 0 bridgehead atoms. The summed E-state index contributed by atoms with van der Waals surface area (Å²) in [7, 11) is 0. The molecular weight excluding hydrogens is 386 g/mol. The molecule has 1 heterocycles. The highest BCUT2D eigenvalue weighted by molar-refractivity contribution is 5.95. The molecule has 0 aliphatic carbocycles. The number of ether oxygens (including phenoxy) is 2. The molecule has 2 rings (SSSR count). The minimum absolute atomic E-state index is 0.330. The first kappa shape index (κ1) is 22.6. The fourth-order valence-electron chi connectivity index (χ4n) is 2.78. The lowest BCUT2D eigenvalue weighted by Gasteiger charge is -2.32. The van der Waals surface area contributed by atoms with E-state index in [1.54, 1.807) is 20.8 Å². The third kappa shape index (κ3) is 6.69. The van der Waals surface area contributed by atoms with Crippen LogP contribution in [0.1, 0.15) is 40.5 Å². The maximum absolute atomic E-state index is 13.6. The predicted molar refractivity (Wildman–Crippen MR) is 101 cm³/mol. The molecule has 1 aliphatic heterocycles. The lowest BCUT2D eigenvalue weighted by Crippen LogP contribution is -2.43. The van der Waals surface area contributed by atoms with Crippen LogP contribution in [0.25, 0.3) is 0 Å². The quantitative estimate of drug-likeness (QED) is 0.766. The first-order valence-corrected chi connectivity index (χ1v) is 9.40. The SMILES string of the molecule is C[C@@H](OC(=O)C1CCN(C(=O)OC(C)(C)C)CC1)C(=O)Nc1cc(F)ccc1F. The average molecular weight is 412 g/mol. The second kappa shape index (κ2) is 9.19. The van der Waals surface area contributed by atoms with Gasteiger partial charge in [0.05, 0.1) is 11.6 Å². The van der Waals surface area contributed by atoms with Crippen LogP contribution in [0.4, 0.5) is 19.3 Å². The average Bonchev–Trinajstić information content (AvgIpc) is 2.63. The zero-order valence-corrected chi connectivity index (χ0v) is 17.0. The number of halogens is 2. The van der Waals surface area contributed by atoms with Crippen LogP contribution >= 0.6 is 0 Å². The van der Waals surface area contributed by atoms with E-state index in [4.69, 9.17) is 9.47 Å². The van der Waals surface area contributed by atoms with E-state index in [-0.39, 0.29) is 5.69 Å². The summed E-state index contributed by atoms with van der Waals surface area (Å²) in [5.74, 6) is -3.31. The molecule has 160 valence electrons. The van der Waals surface area contributed by atoms with Crippen LogP contribution in [0.5, 0.6) is 0 Å². The van der Waals surface area contributed by atoms with Crippen LogP contribution in [-0.2, 0) is 19.1 Å². The lowest BCUT2D eigenvalue weighted by molar-refractivity contribution is -0.158. The van der Waals surface area contributed by atoms with Crippen molar-refractivity contribution in [2.24, 2.45) is 5.92 Å². The maximum Gasteiger partial charge on any atom is 0.410 e. The molecule has 2 amide bonds. The fourth-order valence-corrected chi connectivity index (χ4v) is 2.78. The smallest absolute Gasteiger partial charge is 0.410 e. The fraction of sp³-hybridized carbons (Fsp3) is 0.550. The Hall–Kier alpha value is -2.71. The largest absolute Gasteiger partial charge is 0.452 e. The number of anilines is 1. The molecule has 0 unspecified atom stereocenters. The van der Waals surface area contributed by atoms with Crippen LogP contribution < -0.4 is 5.32 Å². The van der Waals surface area contributed by atoms with E-state index in [1.165, 1.54) is 11.8 Å². The molecule has 1 aliphatic rings. The molecule has 0 radical (unpaired) electrons. The van der Waals surface area contributed by atoms with Crippen molar-refractivity contribution in [3.05, 3.63) is 29.8 Å². The zero-order chi connectivity index (χ0) is 21.8. The summed E-state index contributed by atoms with van der Waals surface area (Å²) in [5, 5.41) is 2.20. The predicted octanol–water partition coefficient (Wildman–Crippen LogP) is 3.48. The van der Waals surface area contributed by atoms with Crippen LogP contribution in [0.15, 0.2) is 18.2 Å². The molecule has 1 fully saturated rings. The van der Waals surface area contributed by atoms with Crippen molar-refractivity contribution in [2.75, 3.05) is 18.4 Å². The minimum Gasteiger partial charge on any atom is -0.452 e. The maximum atomic E-state index is 13.6. The summed E-state index contributed by atoms with van der Waals surface area (Å²) in [5.41, 5.74) is -0.930. The van der Waals surface area contributed by atoms with Gasteiger partial charge in [0.2, 0.25) is 0 Å². The summed E-state index contributed by atoms with van der Waals surface area (Å²) in [4.78, 5) is 38.0. The van der Waals surface area contributed by atoms with Crippen molar-refractivity contribution in [3.8, 4) is 0 Å². The molecule has 7 nitrogen and oxygen atoms in total. The van der Waals surface area contributed by atoms with E-state index in [1.807, 2.05) is 0 Å². The van der Waals surface area contributed by atoms with Gasteiger partial charge in [0.25, 0.3) is 5.91 Å². The van der Waals surface area contributed by atoms with Crippen LogP contribution in [0.3, 0.4) is 0 Å². The normalized spacial score (nSPS) is 16.1. The molecule has 0 saturated carbocycles. The third-order valence-corrected chi connectivity index (χ3v) is 4.33. The van der Waals surface area contributed by atoms with Crippen LogP contribution in [-0.4, -0.2) is 47.7 Å². The van der Waals surface area contributed by atoms with Gasteiger partial charge in [-0.15, -0.1) is 0 Å². The number of esters is 1. The van der Waals surface area contributed by atoms with E-state index < -0.39 is 47.2 Å². The van der Waals surface area contributed by atoms with Crippen molar-refractivity contribution < 1.29 is 32.6 Å². The second-order valence-electron chi connectivity index (χ2n) is 7.93. The highest BCUT2D eigenvalue weighted by Crippen LogP contribution is 2.22. The van der Waals surface area contributed by atoms with E-state index in [0.717, 1.165) is 18.2 Å². The van der Waals surface area contributed by atoms with Crippen LogP contribution in [0, 0.1) is 17.6 Å². The standard InChI is InChI=1S/C20H26F2N2O5/c1-12(17(25)23-16-11-14(21)5-6-15(16)22)28-18(26)13-7-9-24(10-8-13)19(27)29-20(2,3)4/h5-6,11-13H,7-10H2,1-4H3,(H,23,25)/t12-/m1/s1. The molecule has 9 heteroatoms. The Labute approximate surface area is 168 Å². The van der Waals surface area contributed by atoms with Crippen molar-refractivity contribution in [1.82, 2.24) is 4.90 Å². The Morgan fingerprint density at radius 3 is 2.38 bits per heavy atom. The van der Waals surface area contributed by atoms with E-state index in [0.29, 0.717) is 25.9 Å². The van der Waals surface area contributed by atoms with E-state index in [9.17, 15) is 23.2 Å². The number of benzene rings is 1. The van der Waals surface area contributed by atoms with Gasteiger partial charge in [0.15, 0.2) is 6.10 Å². The van der Waals surface area contributed by atoms with Gasteiger partial charge in [0, 0.05) is 19.2 Å². The molecule has 1 saturated heterocycles. The molecule has 1 aromatic carbocycles. The van der Waals surface area contributed by atoms with Gasteiger partial charge in [-0.25, -0.2) is 13.6 Å². The number of carbonyl (C=O) groups is 3. The molecule has 0 spiro atoms. The summed E-state index contributed by atoms with van der Waals surface area (Å²) in [6.07, 6.45) is -0.862. The second-order valence-corrected chi connectivity index (χ2v) is 7.93. The Kier molecular flexibility index (Phi) is 7.16. The number of hydrogen-bond donors (Lipinski definition) is 1. The first-order valence-electron chi connectivity index (χ1n) is 9.40. The minimum atomic E-state index is -1.19. The number of nitrogens with zero attached hydrogens (tertiary/aromatic N) is 1. The summed E-state index contributed by atoms with van der Waals surface area (Å²) >= 11 is 0. The number of hydrogen-bond acceptors (Lipinski definition) is 5. The Morgan fingerprint density at radius 2 is 1.79 bits per heavy atom. The van der Waals surface area contributed by atoms with Gasteiger partial charge in [0.1, 0.15) is 17.2 Å². The van der Waals surface area contributed by atoms with Gasteiger partial charge in [-0.1, -0.05) is 0 Å². The van der Waals surface area contributed by atoms with Gasteiger partial charge in [-0.3, -0.25) is 9.59 Å². The number of rotatable bonds is 4. The topological polar surface area (TPSA) is 84.9 Å². The lowest BCUT2D eigenvalue weighted by atomic mass is 9.97. The first-order chi connectivity index (χ1) is 13.5. The zero-order valence-electron chi connectivity index (χ0n) is 17.0. The molecule has 1 aromatic rings. The Balaban J connectivity index is 1.83.